The summed E-state index contributed by atoms with van der Waals surface area (Å²) in [7, 11) is 0. The van der Waals surface area contributed by atoms with Gasteiger partial charge in [-0.15, -0.1) is 0 Å². The second kappa shape index (κ2) is 4.05. The average molecular weight is 227 g/mol. The minimum atomic E-state index is 0.135. The third kappa shape index (κ3) is 1.82. The molecular weight excluding hydrogens is 214 g/mol. The number of fused-ring (bicyclic) bond motifs is 1. The second-order valence-corrected chi connectivity index (χ2v) is 4.19. The van der Waals surface area contributed by atoms with Crippen LogP contribution in [0.4, 0.5) is 0 Å². The van der Waals surface area contributed by atoms with E-state index in [1.165, 1.54) is 0 Å². The largest absolute Gasteiger partial charge is 0.351 e. The van der Waals surface area contributed by atoms with E-state index in [2.05, 4.69) is 9.97 Å². The third-order valence-corrected chi connectivity index (χ3v) is 3.09. The lowest BCUT2D eigenvalue weighted by molar-refractivity contribution is 0.0780. The Hall–Kier alpha value is -2.10. The Morgan fingerprint density at radius 3 is 3.00 bits per heavy atom. The maximum absolute atomic E-state index is 12.1. The first-order valence-electron chi connectivity index (χ1n) is 5.69. The fourth-order valence-electron chi connectivity index (χ4n) is 2.17. The highest BCUT2D eigenvalue weighted by Crippen LogP contribution is 2.22. The monoisotopic (exact) mass is 227 g/mol. The van der Waals surface area contributed by atoms with E-state index in [-0.39, 0.29) is 5.91 Å². The first kappa shape index (κ1) is 10.1. The van der Waals surface area contributed by atoms with Crippen LogP contribution in [0.3, 0.4) is 0 Å². The minimum Gasteiger partial charge on any atom is -0.351 e. The van der Waals surface area contributed by atoms with Gasteiger partial charge < -0.3 is 9.88 Å². The molecule has 1 aliphatic heterocycles. The van der Waals surface area contributed by atoms with Crippen LogP contribution < -0.4 is 0 Å². The summed E-state index contributed by atoms with van der Waals surface area (Å²) in [4.78, 5) is 21.0. The van der Waals surface area contributed by atoms with Crippen molar-refractivity contribution in [3.8, 4) is 0 Å². The molecule has 0 fully saturated rings. The van der Waals surface area contributed by atoms with Crippen molar-refractivity contribution < 1.29 is 4.79 Å². The predicted octanol–water partition coefficient (Wildman–Crippen LogP) is 1.61. The molecule has 0 spiro atoms. The summed E-state index contributed by atoms with van der Waals surface area (Å²) in [5, 5.41) is 0. The Bertz CT molecular complexity index is 533. The number of imidazole rings is 1. The van der Waals surface area contributed by atoms with E-state index in [9.17, 15) is 4.79 Å². The van der Waals surface area contributed by atoms with E-state index < -0.39 is 0 Å². The van der Waals surface area contributed by atoms with Crippen molar-refractivity contribution in [2.24, 2.45) is 0 Å². The SMILES string of the molecule is O=C1c2ccccc2CN1CCc1c[nH]cn1. The van der Waals surface area contributed by atoms with Gasteiger partial charge in [0.05, 0.1) is 12.0 Å². The number of carbonyl (C=O) groups is 1. The number of aromatic amines is 1. The quantitative estimate of drug-likeness (QED) is 0.866. The zero-order valence-corrected chi connectivity index (χ0v) is 9.39. The van der Waals surface area contributed by atoms with Gasteiger partial charge in [-0.2, -0.15) is 0 Å². The van der Waals surface area contributed by atoms with Gasteiger partial charge in [0, 0.05) is 31.3 Å². The molecule has 0 radical (unpaired) electrons. The number of amides is 1. The molecule has 0 saturated heterocycles. The summed E-state index contributed by atoms with van der Waals surface area (Å²) in [5.41, 5.74) is 2.96. The number of carbonyl (C=O) groups excluding carboxylic acids is 1. The van der Waals surface area contributed by atoms with E-state index in [1.807, 2.05) is 35.4 Å². The van der Waals surface area contributed by atoms with Crippen molar-refractivity contribution in [2.75, 3.05) is 6.54 Å². The van der Waals surface area contributed by atoms with Crippen LogP contribution in [0.5, 0.6) is 0 Å². The van der Waals surface area contributed by atoms with Gasteiger partial charge >= 0.3 is 0 Å². The molecule has 1 aromatic heterocycles. The Labute approximate surface area is 99.3 Å². The number of rotatable bonds is 3. The van der Waals surface area contributed by atoms with E-state index in [0.29, 0.717) is 0 Å². The van der Waals surface area contributed by atoms with Crippen LogP contribution in [0, 0.1) is 0 Å². The van der Waals surface area contributed by atoms with Crippen molar-refractivity contribution >= 4 is 5.91 Å². The van der Waals surface area contributed by atoms with Gasteiger partial charge in [-0.05, 0) is 11.6 Å². The molecule has 2 aromatic rings. The topological polar surface area (TPSA) is 49.0 Å². The lowest BCUT2D eigenvalue weighted by Crippen LogP contribution is -2.26. The van der Waals surface area contributed by atoms with Gasteiger partial charge in [0.15, 0.2) is 0 Å². The van der Waals surface area contributed by atoms with E-state index in [0.717, 1.165) is 36.3 Å². The van der Waals surface area contributed by atoms with Crippen LogP contribution in [0.25, 0.3) is 0 Å². The van der Waals surface area contributed by atoms with Gasteiger partial charge in [-0.1, -0.05) is 18.2 Å². The van der Waals surface area contributed by atoms with Gasteiger partial charge in [0.25, 0.3) is 5.91 Å². The molecule has 0 aliphatic carbocycles. The van der Waals surface area contributed by atoms with Crippen molar-refractivity contribution in [2.45, 2.75) is 13.0 Å². The Kier molecular flexibility index (Phi) is 2.40. The standard InChI is InChI=1S/C13H13N3O/c17-13-12-4-2-1-3-10(12)8-16(13)6-5-11-7-14-9-15-11/h1-4,7,9H,5-6,8H2,(H,14,15). The first-order valence-corrected chi connectivity index (χ1v) is 5.69. The van der Waals surface area contributed by atoms with Gasteiger partial charge in [-0.25, -0.2) is 4.98 Å². The Balaban J connectivity index is 1.70. The molecule has 0 unspecified atom stereocenters. The zero-order chi connectivity index (χ0) is 11.7. The summed E-state index contributed by atoms with van der Waals surface area (Å²) in [6.45, 7) is 1.44. The van der Waals surface area contributed by atoms with Crippen LogP contribution in [0.2, 0.25) is 0 Å². The molecule has 1 amide bonds. The lowest BCUT2D eigenvalue weighted by Gasteiger charge is -2.14. The smallest absolute Gasteiger partial charge is 0.254 e. The number of nitrogens with zero attached hydrogens (tertiary/aromatic N) is 2. The molecule has 17 heavy (non-hydrogen) atoms. The van der Waals surface area contributed by atoms with Crippen LogP contribution in [-0.2, 0) is 13.0 Å². The number of nitrogens with one attached hydrogen (secondary N) is 1. The lowest BCUT2D eigenvalue weighted by atomic mass is 10.1. The number of benzene rings is 1. The number of hydrogen-bond donors (Lipinski definition) is 1. The summed E-state index contributed by atoms with van der Waals surface area (Å²) in [5.74, 6) is 0.135. The molecular formula is C13H13N3O. The summed E-state index contributed by atoms with van der Waals surface area (Å²) < 4.78 is 0. The van der Waals surface area contributed by atoms with Crippen molar-refractivity contribution in [3.63, 3.8) is 0 Å². The van der Waals surface area contributed by atoms with Crippen LogP contribution in [-0.4, -0.2) is 27.3 Å². The highest BCUT2D eigenvalue weighted by Gasteiger charge is 2.26. The average Bonchev–Trinajstić information content (AvgIpc) is 2.96. The van der Waals surface area contributed by atoms with Crippen LogP contribution in [0.1, 0.15) is 21.6 Å². The minimum absolute atomic E-state index is 0.135. The normalized spacial score (nSPS) is 14.1. The summed E-state index contributed by atoms with van der Waals surface area (Å²) in [6.07, 6.45) is 4.33. The number of aromatic nitrogens is 2. The van der Waals surface area contributed by atoms with Crippen molar-refractivity contribution in [3.05, 3.63) is 53.6 Å². The van der Waals surface area contributed by atoms with E-state index in [1.54, 1.807) is 6.33 Å². The van der Waals surface area contributed by atoms with Crippen LogP contribution >= 0.6 is 0 Å². The molecule has 1 N–H and O–H groups in total. The Morgan fingerprint density at radius 2 is 2.24 bits per heavy atom. The van der Waals surface area contributed by atoms with Crippen LogP contribution in [0.15, 0.2) is 36.8 Å². The fraction of sp³-hybridized carbons (Fsp3) is 0.231. The molecule has 0 bridgehead atoms. The maximum Gasteiger partial charge on any atom is 0.254 e. The number of hydrogen-bond acceptors (Lipinski definition) is 2. The van der Waals surface area contributed by atoms with Gasteiger partial charge in [-0.3, -0.25) is 4.79 Å². The third-order valence-electron chi connectivity index (χ3n) is 3.09. The number of H-pyrrole nitrogens is 1. The molecule has 3 rings (SSSR count). The van der Waals surface area contributed by atoms with Crippen molar-refractivity contribution in [1.29, 1.82) is 0 Å². The molecule has 86 valence electrons. The maximum atomic E-state index is 12.1. The molecule has 2 heterocycles. The molecule has 0 saturated carbocycles. The van der Waals surface area contributed by atoms with E-state index >= 15 is 0 Å². The molecule has 4 nitrogen and oxygen atoms in total. The zero-order valence-electron chi connectivity index (χ0n) is 9.39. The fourth-order valence-corrected chi connectivity index (χ4v) is 2.17. The first-order chi connectivity index (χ1) is 8.34. The molecule has 0 atom stereocenters. The predicted molar refractivity (Wildman–Crippen MR) is 63.5 cm³/mol. The second-order valence-electron chi connectivity index (χ2n) is 4.19. The molecule has 1 aromatic carbocycles. The molecule has 1 aliphatic rings. The van der Waals surface area contributed by atoms with Gasteiger partial charge in [0.2, 0.25) is 0 Å². The highest BCUT2D eigenvalue weighted by atomic mass is 16.2. The van der Waals surface area contributed by atoms with Gasteiger partial charge in [0.1, 0.15) is 0 Å². The summed E-state index contributed by atoms with van der Waals surface area (Å²) >= 11 is 0. The van der Waals surface area contributed by atoms with Crippen molar-refractivity contribution in [1.82, 2.24) is 14.9 Å². The Morgan fingerprint density at radius 1 is 1.35 bits per heavy atom. The summed E-state index contributed by atoms with van der Waals surface area (Å²) in [6, 6.07) is 7.80. The highest BCUT2D eigenvalue weighted by molar-refractivity contribution is 5.98. The van der Waals surface area contributed by atoms with E-state index in [4.69, 9.17) is 0 Å². The molecule has 4 heteroatoms.